The van der Waals surface area contributed by atoms with E-state index in [2.05, 4.69) is 10.3 Å². The second-order valence-electron chi connectivity index (χ2n) is 6.43. The lowest BCUT2D eigenvalue weighted by Crippen LogP contribution is -2.37. The molecule has 0 aliphatic rings. The number of benzene rings is 1. The van der Waals surface area contributed by atoms with E-state index in [4.69, 9.17) is 4.42 Å². The largest absolute Gasteiger partial charge is 0.465 e. The molecule has 1 N–H and O–H groups in total. The number of nitrogens with zero attached hydrogens (tertiary/aromatic N) is 3. The molecule has 2 aromatic heterocycles. The molecule has 1 amide bonds. The van der Waals surface area contributed by atoms with Gasteiger partial charge in [0.05, 0.1) is 23.3 Å². The zero-order valence-corrected chi connectivity index (χ0v) is 15.1. The molecule has 0 spiro atoms. The molecule has 0 aliphatic heterocycles. The fourth-order valence-corrected chi connectivity index (χ4v) is 2.81. The highest BCUT2D eigenvalue weighted by atomic mass is 16.3. The van der Waals surface area contributed by atoms with Crippen molar-refractivity contribution in [3.63, 3.8) is 0 Å². The van der Waals surface area contributed by atoms with E-state index in [1.807, 2.05) is 44.1 Å². The van der Waals surface area contributed by atoms with Crippen LogP contribution in [0.5, 0.6) is 0 Å². The normalized spacial score (nSPS) is 12.5. The summed E-state index contributed by atoms with van der Waals surface area (Å²) in [5.41, 5.74) is 0.395. The van der Waals surface area contributed by atoms with Gasteiger partial charge >= 0.3 is 0 Å². The molecule has 26 heavy (non-hydrogen) atoms. The fraction of sp³-hybridized carbons (Fsp3) is 0.316. The Morgan fingerprint density at radius 2 is 2.04 bits per heavy atom. The number of amides is 1. The fourth-order valence-electron chi connectivity index (χ4n) is 2.81. The van der Waals surface area contributed by atoms with Crippen molar-refractivity contribution >= 4 is 16.8 Å². The van der Waals surface area contributed by atoms with Crippen LogP contribution in [0.25, 0.3) is 10.9 Å². The number of hydrogen-bond acceptors (Lipinski definition) is 5. The van der Waals surface area contributed by atoms with Crippen LogP contribution in [0.15, 0.2) is 51.9 Å². The van der Waals surface area contributed by atoms with E-state index in [0.717, 1.165) is 11.5 Å². The Morgan fingerprint density at radius 3 is 2.73 bits per heavy atom. The Morgan fingerprint density at radius 1 is 1.27 bits per heavy atom. The lowest BCUT2D eigenvalue weighted by atomic mass is 10.2. The van der Waals surface area contributed by atoms with Gasteiger partial charge in [0.15, 0.2) is 0 Å². The van der Waals surface area contributed by atoms with E-state index in [1.54, 1.807) is 18.2 Å². The number of nitrogens with one attached hydrogen (secondary N) is 1. The Balaban J connectivity index is 1.69. The lowest BCUT2D eigenvalue weighted by molar-refractivity contribution is -0.122. The Bertz CT molecular complexity index is 974. The minimum Gasteiger partial charge on any atom is -0.465 e. The monoisotopic (exact) mass is 354 g/mol. The molecule has 7 nitrogen and oxygen atoms in total. The number of likely N-dealkylation sites (N-methyl/N-ethyl adjacent to an activating group) is 1. The van der Waals surface area contributed by atoms with Crippen LogP contribution in [-0.4, -0.2) is 41.0 Å². The highest BCUT2D eigenvalue weighted by Crippen LogP contribution is 2.19. The van der Waals surface area contributed by atoms with Crippen molar-refractivity contribution in [2.24, 2.45) is 0 Å². The molecule has 7 heteroatoms. The second-order valence-corrected chi connectivity index (χ2v) is 6.43. The number of furan rings is 1. The molecular formula is C19H22N4O3. The number of hydrogen-bond donors (Lipinski definition) is 1. The van der Waals surface area contributed by atoms with Crippen molar-refractivity contribution in [1.82, 2.24) is 19.8 Å². The predicted molar refractivity (Wildman–Crippen MR) is 98.9 cm³/mol. The lowest BCUT2D eigenvalue weighted by Gasteiger charge is -2.22. The average molecular weight is 354 g/mol. The van der Waals surface area contributed by atoms with Gasteiger partial charge in [0, 0.05) is 6.54 Å². The minimum atomic E-state index is -0.251. The third kappa shape index (κ3) is 3.83. The second kappa shape index (κ2) is 7.53. The number of rotatable bonds is 6. The Kier molecular flexibility index (Phi) is 5.18. The van der Waals surface area contributed by atoms with Crippen molar-refractivity contribution in [2.75, 3.05) is 20.6 Å². The van der Waals surface area contributed by atoms with Gasteiger partial charge < -0.3 is 9.73 Å². The third-order valence-corrected chi connectivity index (χ3v) is 4.25. The molecule has 1 atom stereocenters. The summed E-state index contributed by atoms with van der Waals surface area (Å²) in [6.45, 7) is 2.19. The maximum Gasteiger partial charge on any atom is 0.261 e. The van der Waals surface area contributed by atoms with Gasteiger partial charge in [0.25, 0.3) is 5.56 Å². The summed E-state index contributed by atoms with van der Waals surface area (Å²) in [6, 6.07) is 10.8. The van der Waals surface area contributed by atoms with Crippen LogP contribution in [-0.2, 0) is 11.3 Å². The molecule has 136 valence electrons. The molecule has 0 aliphatic carbocycles. The molecule has 0 fully saturated rings. The van der Waals surface area contributed by atoms with Crippen molar-refractivity contribution in [2.45, 2.75) is 19.5 Å². The summed E-state index contributed by atoms with van der Waals surface area (Å²) in [7, 11) is 3.85. The molecule has 2 heterocycles. The standard InChI is InChI=1S/C19H22N4O3/c1-13-8-9-17(26-13)16(22(2)3)10-20-18(24)11-23-12-21-15-7-5-4-6-14(15)19(23)25/h4-9,12,16H,10-11H2,1-3H3,(H,20,24). The molecule has 1 aromatic carbocycles. The average Bonchev–Trinajstić information content (AvgIpc) is 3.03. The van der Waals surface area contributed by atoms with Gasteiger partial charge in [-0.15, -0.1) is 0 Å². The van der Waals surface area contributed by atoms with E-state index in [9.17, 15) is 9.59 Å². The van der Waals surface area contributed by atoms with E-state index >= 15 is 0 Å². The topological polar surface area (TPSA) is 80.4 Å². The summed E-state index contributed by atoms with van der Waals surface area (Å²) >= 11 is 0. The van der Waals surface area contributed by atoms with Crippen molar-refractivity contribution in [1.29, 1.82) is 0 Å². The first-order valence-electron chi connectivity index (χ1n) is 8.39. The van der Waals surface area contributed by atoms with Crippen LogP contribution in [0, 0.1) is 6.92 Å². The van der Waals surface area contributed by atoms with Gasteiger partial charge in [-0.3, -0.25) is 19.1 Å². The first kappa shape index (κ1) is 17.9. The van der Waals surface area contributed by atoms with E-state index in [-0.39, 0.29) is 24.1 Å². The molecule has 0 radical (unpaired) electrons. The van der Waals surface area contributed by atoms with Crippen molar-refractivity contribution in [3.8, 4) is 0 Å². The molecule has 0 saturated carbocycles. The van der Waals surface area contributed by atoms with Crippen LogP contribution >= 0.6 is 0 Å². The molecule has 3 rings (SSSR count). The number of fused-ring (bicyclic) bond motifs is 1. The molecule has 0 saturated heterocycles. The van der Waals surface area contributed by atoms with E-state index in [0.29, 0.717) is 17.4 Å². The first-order valence-corrected chi connectivity index (χ1v) is 8.39. The maximum atomic E-state index is 12.5. The van der Waals surface area contributed by atoms with Gasteiger partial charge in [-0.1, -0.05) is 12.1 Å². The molecule has 0 bridgehead atoms. The smallest absolute Gasteiger partial charge is 0.261 e. The maximum absolute atomic E-state index is 12.5. The first-order chi connectivity index (χ1) is 12.5. The summed E-state index contributed by atoms with van der Waals surface area (Å²) < 4.78 is 6.99. The zero-order valence-electron chi connectivity index (χ0n) is 15.1. The summed E-state index contributed by atoms with van der Waals surface area (Å²) in [4.78, 5) is 31.0. The van der Waals surface area contributed by atoms with Gasteiger partial charge in [-0.25, -0.2) is 4.98 Å². The van der Waals surface area contributed by atoms with Crippen molar-refractivity contribution < 1.29 is 9.21 Å². The van der Waals surface area contributed by atoms with Crippen LogP contribution in [0.1, 0.15) is 17.6 Å². The van der Waals surface area contributed by atoms with Crippen LogP contribution < -0.4 is 10.9 Å². The van der Waals surface area contributed by atoms with Gasteiger partial charge in [-0.05, 0) is 45.3 Å². The Hall–Kier alpha value is -2.93. The van der Waals surface area contributed by atoms with Gasteiger partial charge in [0.1, 0.15) is 18.1 Å². The highest BCUT2D eigenvalue weighted by Gasteiger charge is 2.19. The number of aromatic nitrogens is 2. The minimum absolute atomic E-state index is 0.0754. The zero-order chi connectivity index (χ0) is 18.7. The molecule has 1 unspecified atom stereocenters. The quantitative estimate of drug-likeness (QED) is 0.729. The SMILES string of the molecule is Cc1ccc(C(CNC(=O)Cn2cnc3ccccc3c2=O)N(C)C)o1. The molecular weight excluding hydrogens is 332 g/mol. The Labute approximate surface area is 151 Å². The van der Waals surface area contributed by atoms with Crippen LogP contribution in [0.2, 0.25) is 0 Å². The van der Waals surface area contributed by atoms with Crippen LogP contribution in [0.3, 0.4) is 0 Å². The number of carbonyl (C=O) groups is 1. The number of aryl methyl sites for hydroxylation is 1. The number of carbonyl (C=O) groups excluding carboxylic acids is 1. The number of para-hydroxylation sites is 1. The van der Waals surface area contributed by atoms with Gasteiger partial charge in [-0.2, -0.15) is 0 Å². The summed E-state index contributed by atoms with van der Waals surface area (Å²) in [6.07, 6.45) is 1.41. The van der Waals surface area contributed by atoms with Gasteiger partial charge in [0.2, 0.25) is 5.91 Å². The summed E-state index contributed by atoms with van der Waals surface area (Å²) in [5, 5.41) is 3.37. The highest BCUT2D eigenvalue weighted by molar-refractivity contribution is 5.78. The van der Waals surface area contributed by atoms with E-state index in [1.165, 1.54) is 10.9 Å². The van der Waals surface area contributed by atoms with Crippen LogP contribution in [0.4, 0.5) is 0 Å². The predicted octanol–water partition coefficient (Wildman–Crippen LogP) is 1.72. The third-order valence-electron chi connectivity index (χ3n) is 4.25. The molecule has 3 aromatic rings. The summed E-state index contributed by atoms with van der Waals surface area (Å²) in [5.74, 6) is 1.36. The van der Waals surface area contributed by atoms with Crippen molar-refractivity contribution in [3.05, 3.63) is 64.6 Å². The van der Waals surface area contributed by atoms with E-state index < -0.39 is 0 Å².